The summed E-state index contributed by atoms with van der Waals surface area (Å²) in [6, 6.07) is 8.30. The molecule has 0 bridgehead atoms. The summed E-state index contributed by atoms with van der Waals surface area (Å²) in [5.74, 6) is -2.78. The first-order valence-electron chi connectivity index (χ1n) is 7.06. The van der Waals surface area contributed by atoms with E-state index in [1.807, 2.05) is 0 Å². The van der Waals surface area contributed by atoms with E-state index in [-0.39, 0.29) is 18.2 Å². The highest BCUT2D eigenvalue weighted by Crippen LogP contribution is 2.35. The molecule has 0 unspecified atom stereocenters. The summed E-state index contributed by atoms with van der Waals surface area (Å²) in [6.07, 6.45) is 4.22. The van der Waals surface area contributed by atoms with Gasteiger partial charge in [0, 0.05) is 11.6 Å². The average molecular weight is 267 g/mol. The molecule has 0 amide bonds. The van der Waals surface area contributed by atoms with Crippen LogP contribution < -0.4 is 5.32 Å². The van der Waals surface area contributed by atoms with Crippen LogP contribution in [0.2, 0.25) is 0 Å². The fourth-order valence-electron chi connectivity index (χ4n) is 2.66. The highest BCUT2D eigenvalue weighted by atomic mass is 19.3. The largest absolute Gasteiger partial charge is 0.308 e. The number of rotatable bonds is 4. The van der Waals surface area contributed by atoms with Crippen molar-refractivity contribution in [3.05, 3.63) is 35.9 Å². The molecule has 2 rings (SSSR count). The van der Waals surface area contributed by atoms with E-state index in [2.05, 4.69) is 19.2 Å². The SMILES string of the molecule is CC1(C)CCC(NCC(F)(F)c2ccccc2)CC1. The van der Waals surface area contributed by atoms with Crippen LogP contribution in [0.1, 0.15) is 45.1 Å². The van der Waals surface area contributed by atoms with E-state index in [0.717, 1.165) is 25.7 Å². The summed E-state index contributed by atoms with van der Waals surface area (Å²) in [7, 11) is 0. The van der Waals surface area contributed by atoms with Crippen molar-refractivity contribution < 1.29 is 8.78 Å². The molecule has 0 saturated heterocycles. The Bertz CT molecular complexity index is 390. The molecule has 0 aromatic heterocycles. The molecule has 19 heavy (non-hydrogen) atoms. The normalized spacial score (nSPS) is 20.4. The molecule has 0 atom stereocenters. The second-order valence-electron chi connectivity index (χ2n) is 6.39. The Balaban J connectivity index is 1.85. The van der Waals surface area contributed by atoms with Crippen molar-refractivity contribution >= 4 is 0 Å². The van der Waals surface area contributed by atoms with Gasteiger partial charge in [0.15, 0.2) is 0 Å². The van der Waals surface area contributed by atoms with E-state index in [1.54, 1.807) is 18.2 Å². The lowest BCUT2D eigenvalue weighted by Crippen LogP contribution is -2.41. The van der Waals surface area contributed by atoms with E-state index in [1.165, 1.54) is 12.1 Å². The van der Waals surface area contributed by atoms with Crippen LogP contribution in [0, 0.1) is 5.41 Å². The molecule has 0 heterocycles. The predicted octanol–water partition coefficient (Wildman–Crippen LogP) is 4.34. The van der Waals surface area contributed by atoms with Gasteiger partial charge in [-0.25, -0.2) is 0 Å². The molecule has 3 heteroatoms. The molecule has 1 aliphatic rings. The summed E-state index contributed by atoms with van der Waals surface area (Å²) >= 11 is 0. The Labute approximate surface area is 114 Å². The van der Waals surface area contributed by atoms with Gasteiger partial charge in [-0.3, -0.25) is 0 Å². The topological polar surface area (TPSA) is 12.0 Å². The van der Waals surface area contributed by atoms with Gasteiger partial charge < -0.3 is 5.32 Å². The first-order chi connectivity index (χ1) is 8.89. The van der Waals surface area contributed by atoms with Crippen LogP contribution in [0.15, 0.2) is 30.3 Å². The van der Waals surface area contributed by atoms with Gasteiger partial charge in [-0.1, -0.05) is 44.2 Å². The molecule has 1 N–H and O–H groups in total. The minimum Gasteiger partial charge on any atom is -0.308 e. The van der Waals surface area contributed by atoms with Crippen LogP contribution in [-0.2, 0) is 5.92 Å². The van der Waals surface area contributed by atoms with Crippen molar-refractivity contribution in [1.29, 1.82) is 0 Å². The molecule has 0 aliphatic heterocycles. The Kier molecular flexibility index (Phi) is 4.24. The minimum atomic E-state index is -2.78. The maximum absolute atomic E-state index is 14.0. The van der Waals surface area contributed by atoms with Crippen molar-refractivity contribution in [2.75, 3.05) is 6.54 Å². The molecular weight excluding hydrogens is 244 g/mol. The summed E-state index contributed by atoms with van der Waals surface area (Å²) in [6.45, 7) is 4.24. The van der Waals surface area contributed by atoms with E-state index in [9.17, 15) is 8.78 Å². The standard InChI is InChI=1S/C16H23F2N/c1-15(2)10-8-14(9-11-15)19-12-16(17,18)13-6-4-3-5-7-13/h3-7,14,19H,8-12H2,1-2H3. The Hall–Kier alpha value is -0.960. The predicted molar refractivity (Wildman–Crippen MR) is 74.4 cm³/mol. The quantitative estimate of drug-likeness (QED) is 0.856. The van der Waals surface area contributed by atoms with Crippen molar-refractivity contribution in [3.63, 3.8) is 0 Å². The monoisotopic (exact) mass is 267 g/mol. The summed E-state index contributed by atoms with van der Waals surface area (Å²) in [4.78, 5) is 0. The molecular formula is C16H23F2N. The number of nitrogens with one attached hydrogen (secondary N) is 1. The van der Waals surface area contributed by atoms with Crippen LogP contribution in [-0.4, -0.2) is 12.6 Å². The van der Waals surface area contributed by atoms with Gasteiger partial charge in [0.25, 0.3) is 5.92 Å². The van der Waals surface area contributed by atoms with Crippen molar-refractivity contribution in [3.8, 4) is 0 Å². The third kappa shape index (κ3) is 4.00. The van der Waals surface area contributed by atoms with Crippen molar-refractivity contribution in [1.82, 2.24) is 5.32 Å². The number of benzene rings is 1. The van der Waals surface area contributed by atoms with Gasteiger partial charge in [0.2, 0.25) is 0 Å². The minimum absolute atomic E-state index is 0.0960. The highest BCUT2D eigenvalue weighted by molar-refractivity contribution is 5.20. The summed E-state index contributed by atoms with van der Waals surface area (Å²) < 4.78 is 28.0. The van der Waals surface area contributed by atoms with Crippen LogP contribution in [0.4, 0.5) is 8.78 Å². The Morgan fingerprint density at radius 1 is 1.16 bits per heavy atom. The lowest BCUT2D eigenvalue weighted by atomic mass is 9.75. The lowest BCUT2D eigenvalue weighted by Gasteiger charge is -2.35. The zero-order valence-electron chi connectivity index (χ0n) is 11.8. The molecule has 1 aromatic carbocycles. The van der Waals surface area contributed by atoms with E-state index >= 15 is 0 Å². The second kappa shape index (κ2) is 5.58. The molecule has 1 saturated carbocycles. The third-order valence-electron chi connectivity index (χ3n) is 4.15. The molecule has 1 nitrogen and oxygen atoms in total. The maximum atomic E-state index is 14.0. The number of hydrogen-bond donors (Lipinski definition) is 1. The summed E-state index contributed by atoms with van der Waals surface area (Å²) in [5.41, 5.74) is 0.471. The molecule has 106 valence electrons. The van der Waals surface area contributed by atoms with Crippen LogP contribution in [0.25, 0.3) is 0 Å². The van der Waals surface area contributed by atoms with E-state index in [4.69, 9.17) is 0 Å². The van der Waals surface area contributed by atoms with E-state index in [0.29, 0.717) is 5.41 Å². The molecule has 1 fully saturated rings. The number of halogens is 2. The van der Waals surface area contributed by atoms with Gasteiger partial charge in [0.05, 0.1) is 6.54 Å². The van der Waals surface area contributed by atoms with Crippen LogP contribution in [0.3, 0.4) is 0 Å². The average Bonchev–Trinajstić information content (AvgIpc) is 2.39. The van der Waals surface area contributed by atoms with Gasteiger partial charge >= 0.3 is 0 Å². The zero-order chi connectivity index (χ0) is 13.9. The second-order valence-corrected chi connectivity index (χ2v) is 6.39. The van der Waals surface area contributed by atoms with Gasteiger partial charge in [0.1, 0.15) is 0 Å². The first kappa shape index (κ1) is 14.4. The first-order valence-corrected chi connectivity index (χ1v) is 7.06. The van der Waals surface area contributed by atoms with Crippen LogP contribution >= 0.6 is 0 Å². The third-order valence-corrected chi connectivity index (χ3v) is 4.15. The number of hydrogen-bond acceptors (Lipinski definition) is 1. The lowest BCUT2D eigenvalue weighted by molar-refractivity contribution is -0.00791. The fraction of sp³-hybridized carbons (Fsp3) is 0.625. The van der Waals surface area contributed by atoms with Crippen molar-refractivity contribution in [2.45, 2.75) is 51.5 Å². The maximum Gasteiger partial charge on any atom is 0.285 e. The van der Waals surface area contributed by atoms with Gasteiger partial charge in [-0.15, -0.1) is 0 Å². The van der Waals surface area contributed by atoms with Gasteiger partial charge in [-0.2, -0.15) is 8.78 Å². The van der Waals surface area contributed by atoms with Crippen molar-refractivity contribution in [2.24, 2.45) is 5.41 Å². The smallest absolute Gasteiger partial charge is 0.285 e. The van der Waals surface area contributed by atoms with Gasteiger partial charge in [-0.05, 0) is 31.1 Å². The van der Waals surface area contributed by atoms with Crippen LogP contribution in [0.5, 0.6) is 0 Å². The molecule has 1 aliphatic carbocycles. The molecule has 1 aromatic rings. The summed E-state index contributed by atoms with van der Waals surface area (Å²) in [5, 5.41) is 3.05. The molecule has 0 radical (unpaired) electrons. The number of alkyl halides is 2. The highest BCUT2D eigenvalue weighted by Gasteiger charge is 2.33. The Morgan fingerprint density at radius 3 is 2.32 bits per heavy atom. The fourth-order valence-corrected chi connectivity index (χ4v) is 2.66. The zero-order valence-corrected chi connectivity index (χ0v) is 11.8. The van der Waals surface area contributed by atoms with E-state index < -0.39 is 5.92 Å². The Morgan fingerprint density at radius 2 is 1.74 bits per heavy atom. The molecule has 0 spiro atoms.